The summed E-state index contributed by atoms with van der Waals surface area (Å²) in [5, 5.41) is 0. The molecule has 170 valence electrons. The second-order valence-electron chi connectivity index (χ2n) is 8.65. The maximum atomic E-state index is 13.3. The highest BCUT2D eigenvalue weighted by Gasteiger charge is 2.32. The van der Waals surface area contributed by atoms with Crippen molar-refractivity contribution in [3.8, 4) is 0 Å². The molecular weight excluding hydrogens is 411 g/mol. The third kappa shape index (κ3) is 4.77. The zero-order chi connectivity index (χ0) is 23.1. The number of carbonyl (C=O) groups is 1. The number of nitrogens with zero attached hydrogens (tertiary/aromatic N) is 5. The molecule has 31 heavy (non-hydrogen) atoms. The quantitative estimate of drug-likeness (QED) is 0.683. The maximum absolute atomic E-state index is 13.3. The number of benzene rings is 1. The van der Waals surface area contributed by atoms with Crippen LogP contribution in [-0.2, 0) is 18.0 Å². The number of hydrogen-bond donors (Lipinski definition) is 0. The molecule has 1 fully saturated rings. The predicted octanol–water partition coefficient (Wildman–Crippen LogP) is 3.49. The standard InChI is InChI=1S/C21H28F3N5O2/c1-13-11-14(21(22,23)24)12-15-16(13)26-18(17(25-5)27(15)6)28-7-9-29(10-8-28)19(30)31-20(2,3)4/h11-12H,7-10H2,1-6H3. The van der Waals surface area contributed by atoms with Gasteiger partial charge in [-0.3, -0.25) is 4.99 Å². The van der Waals surface area contributed by atoms with Gasteiger partial charge < -0.3 is 19.1 Å². The zero-order valence-corrected chi connectivity index (χ0v) is 18.7. The number of fused-ring (bicyclic) bond motifs is 1. The lowest BCUT2D eigenvalue weighted by atomic mass is 10.1. The van der Waals surface area contributed by atoms with E-state index in [-0.39, 0.29) is 6.09 Å². The van der Waals surface area contributed by atoms with Crippen LogP contribution in [0.4, 0.5) is 23.8 Å². The summed E-state index contributed by atoms with van der Waals surface area (Å²) in [6.45, 7) is 9.02. The minimum Gasteiger partial charge on any atom is -0.444 e. The van der Waals surface area contributed by atoms with Crippen molar-refractivity contribution >= 4 is 22.9 Å². The van der Waals surface area contributed by atoms with Crippen molar-refractivity contribution in [1.29, 1.82) is 0 Å². The van der Waals surface area contributed by atoms with E-state index in [4.69, 9.17) is 9.72 Å². The van der Waals surface area contributed by atoms with E-state index >= 15 is 0 Å². The minimum atomic E-state index is -4.44. The molecule has 0 N–H and O–H groups in total. The first-order valence-corrected chi connectivity index (χ1v) is 10.1. The minimum absolute atomic E-state index is 0.361. The molecule has 0 atom stereocenters. The molecular formula is C21H28F3N5O2. The molecule has 1 aliphatic heterocycles. The van der Waals surface area contributed by atoms with Gasteiger partial charge in [0.1, 0.15) is 5.60 Å². The molecule has 1 aromatic carbocycles. The number of anilines is 1. The van der Waals surface area contributed by atoms with Crippen LogP contribution in [0, 0.1) is 6.92 Å². The van der Waals surface area contributed by atoms with E-state index in [1.165, 1.54) is 0 Å². The zero-order valence-electron chi connectivity index (χ0n) is 18.7. The molecule has 0 unspecified atom stereocenters. The van der Waals surface area contributed by atoms with Gasteiger partial charge in [-0.2, -0.15) is 13.2 Å². The second kappa shape index (κ2) is 8.05. The van der Waals surface area contributed by atoms with Gasteiger partial charge in [-0.15, -0.1) is 0 Å². The third-order valence-electron chi connectivity index (χ3n) is 5.15. The molecule has 0 aliphatic carbocycles. The van der Waals surface area contributed by atoms with E-state index in [1.54, 1.807) is 30.5 Å². The van der Waals surface area contributed by atoms with Gasteiger partial charge in [-0.25, -0.2) is 9.78 Å². The molecule has 1 aliphatic rings. The number of alkyl halides is 3. The van der Waals surface area contributed by atoms with Crippen molar-refractivity contribution in [2.24, 2.45) is 12.0 Å². The van der Waals surface area contributed by atoms with Crippen LogP contribution < -0.4 is 10.4 Å². The number of piperazine rings is 1. The normalized spacial score (nSPS) is 16.2. The maximum Gasteiger partial charge on any atom is 0.416 e. The molecule has 0 bridgehead atoms. The van der Waals surface area contributed by atoms with Crippen LogP contribution in [-0.4, -0.2) is 59.4 Å². The predicted molar refractivity (Wildman–Crippen MR) is 112 cm³/mol. The van der Waals surface area contributed by atoms with Gasteiger partial charge in [0, 0.05) is 40.3 Å². The number of ether oxygens (including phenoxy) is 1. The Bertz CT molecular complexity index is 1060. The van der Waals surface area contributed by atoms with Crippen LogP contribution in [0.3, 0.4) is 0 Å². The summed E-state index contributed by atoms with van der Waals surface area (Å²) in [7, 11) is 3.27. The molecule has 1 aromatic heterocycles. The average molecular weight is 439 g/mol. The Labute approximate surface area is 179 Å². The smallest absolute Gasteiger partial charge is 0.416 e. The highest BCUT2D eigenvalue weighted by atomic mass is 19.4. The van der Waals surface area contributed by atoms with Crippen molar-refractivity contribution in [2.45, 2.75) is 39.5 Å². The van der Waals surface area contributed by atoms with Gasteiger partial charge in [0.25, 0.3) is 0 Å². The fraction of sp³-hybridized carbons (Fsp3) is 0.571. The lowest BCUT2D eigenvalue weighted by molar-refractivity contribution is -0.137. The molecule has 10 heteroatoms. The average Bonchev–Trinajstić information content (AvgIpc) is 2.66. The monoisotopic (exact) mass is 439 g/mol. The Balaban J connectivity index is 1.95. The first-order valence-electron chi connectivity index (χ1n) is 10.1. The molecule has 0 spiro atoms. The van der Waals surface area contributed by atoms with Crippen molar-refractivity contribution in [3.63, 3.8) is 0 Å². The van der Waals surface area contributed by atoms with Gasteiger partial charge in [0.15, 0.2) is 11.3 Å². The van der Waals surface area contributed by atoms with Gasteiger partial charge in [0.2, 0.25) is 0 Å². The van der Waals surface area contributed by atoms with E-state index in [2.05, 4.69) is 4.99 Å². The van der Waals surface area contributed by atoms with Crippen LogP contribution in [0.2, 0.25) is 0 Å². The molecule has 3 rings (SSSR count). The summed E-state index contributed by atoms with van der Waals surface area (Å²) in [5.74, 6) is 0.587. The Morgan fingerprint density at radius 1 is 1.13 bits per heavy atom. The molecule has 2 heterocycles. The molecule has 0 radical (unpaired) electrons. The van der Waals surface area contributed by atoms with Crippen LogP contribution in [0.5, 0.6) is 0 Å². The summed E-state index contributed by atoms with van der Waals surface area (Å²) in [6, 6.07) is 2.22. The summed E-state index contributed by atoms with van der Waals surface area (Å²) < 4.78 is 46.9. The fourth-order valence-corrected chi connectivity index (χ4v) is 3.64. The van der Waals surface area contributed by atoms with E-state index in [9.17, 15) is 18.0 Å². The van der Waals surface area contributed by atoms with E-state index in [1.807, 2.05) is 25.7 Å². The van der Waals surface area contributed by atoms with Gasteiger partial charge in [-0.1, -0.05) is 0 Å². The SMILES string of the molecule is CN=c1c(N2CCN(C(=O)OC(C)(C)C)CC2)nc2c(C)cc(C(F)(F)F)cc2n1C. The van der Waals surface area contributed by atoms with E-state index < -0.39 is 17.3 Å². The molecule has 1 amide bonds. The highest BCUT2D eigenvalue weighted by Crippen LogP contribution is 2.32. The van der Waals surface area contributed by atoms with Gasteiger partial charge in [0.05, 0.1) is 16.6 Å². The van der Waals surface area contributed by atoms with Crippen LogP contribution in [0.1, 0.15) is 31.9 Å². The topological polar surface area (TPSA) is 63.0 Å². The summed E-state index contributed by atoms with van der Waals surface area (Å²) in [4.78, 5) is 25.0. The third-order valence-corrected chi connectivity index (χ3v) is 5.15. The lowest BCUT2D eigenvalue weighted by Gasteiger charge is -2.36. The van der Waals surface area contributed by atoms with Crippen molar-refractivity contribution in [1.82, 2.24) is 14.5 Å². The molecule has 7 nitrogen and oxygen atoms in total. The summed E-state index contributed by atoms with van der Waals surface area (Å²) >= 11 is 0. The summed E-state index contributed by atoms with van der Waals surface area (Å²) in [5.41, 5.74) is 0.504. The second-order valence-corrected chi connectivity index (χ2v) is 8.65. The Morgan fingerprint density at radius 3 is 2.26 bits per heavy atom. The molecule has 1 saturated heterocycles. The number of carbonyl (C=O) groups excluding carboxylic acids is 1. The summed E-state index contributed by atoms with van der Waals surface area (Å²) in [6.07, 6.45) is -4.80. The number of aryl methyl sites for hydroxylation is 2. The van der Waals surface area contributed by atoms with Crippen LogP contribution >= 0.6 is 0 Å². The molecule has 2 aromatic rings. The Hall–Kier alpha value is -2.78. The highest BCUT2D eigenvalue weighted by molar-refractivity contribution is 5.81. The number of rotatable bonds is 1. The molecule has 0 saturated carbocycles. The van der Waals surface area contributed by atoms with Gasteiger partial charge in [-0.05, 0) is 45.4 Å². The number of amides is 1. The Morgan fingerprint density at radius 2 is 1.74 bits per heavy atom. The van der Waals surface area contributed by atoms with Crippen LogP contribution in [0.25, 0.3) is 11.0 Å². The van der Waals surface area contributed by atoms with E-state index in [0.717, 1.165) is 12.1 Å². The van der Waals surface area contributed by atoms with Gasteiger partial charge >= 0.3 is 12.3 Å². The first-order chi connectivity index (χ1) is 14.3. The Kier molecular flexibility index (Phi) is 5.94. The first kappa shape index (κ1) is 22.9. The largest absolute Gasteiger partial charge is 0.444 e. The lowest BCUT2D eigenvalue weighted by Crippen LogP contribution is -2.51. The van der Waals surface area contributed by atoms with E-state index in [0.29, 0.717) is 54.1 Å². The van der Waals surface area contributed by atoms with Crippen LogP contribution in [0.15, 0.2) is 17.1 Å². The van der Waals surface area contributed by atoms with Crippen molar-refractivity contribution in [2.75, 3.05) is 38.1 Å². The number of halogens is 3. The fourth-order valence-electron chi connectivity index (χ4n) is 3.64. The van der Waals surface area contributed by atoms with Crippen molar-refractivity contribution in [3.05, 3.63) is 28.7 Å². The number of aromatic nitrogens is 2. The van der Waals surface area contributed by atoms with Crippen molar-refractivity contribution < 1.29 is 22.7 Å². The number of hydrogen-bond acceptors (Lipinski definition) is 5.